The van der Waals surface area contributed by atoms with Crippen molar-refractivity contribution in [3.8, 4) is 0 Å². The van der Waals surface area contributed by atoms with Gasteiger partial charge in [-0.05, 0) is 30.5 Å². The molecule has 1 aromatic carbocycles. The largest absolute Gasteiger partial charge is 0.455 e. The maximum Gasteiger partial charge on any atom is 0.153 e. The second-order valence-corrected chi connectivity index (χ2v) is 4.57. The molecular formula is C13H12ClNO. The van der Waals surface area contributed by atoms with Gasteiger partial charge in [0.05, 0.1) is 5.02 Å². The van der Waals surface area contributed by atoms with E-state index in [1.165, 1.54) is 5.57 Å². The zero-order chi connectivity index (χ0) is 11.1. The van der Waals surface area contributed by atoms with Crippen molar-refractivity contribution in [3.05, 3.63) is 41.1 Å². The van der Waals surface area contributed by atoms with Crippen LogP contribution in [0.15, 0.2) is 34.8 Å². The van der Waals surface area contributed by atoms with Gasteiger partial charge in [-0.3, -0.25) is 0 Å². The minimum absolute atomic E-state index is 0.165. The lowest BCUT2D eigenvalue weighted by atomic mass is 10.1. The fraction of sp³-hybridized carbons (Fsp3) is 0.231. The first-order valence-corrected chi connectivity index (χ1v) is 5.76. The third-order valence-electron chi connectivity index (χ3n) is 2.97. The number of hydrogen-bond donors (Lipinski definition) is 1. The zero-order valence-electron chi connectivity index (χ0n) is 8.74. The minimum atomic E-state index is 0.165. The molecule has 2 aromatic rings. The van der Waals surface area contributed by atoms with Gasteiger partial charge < -0.3 is 10.2 Å². The van der Waals surface area contributed by atoms with E-state index >= 15 is 0 Å². The molecule has 1 aliphatic carbocycles. The van der Waals surface area contributed by atoms with Crippen LogP contribution < -0.4 is 5.73 Å². The Morgan fingerprint density at radius 3 is 2.94 bits per heavy atom. The van der Waals surface area contributed by atoms with E-state index in [0.29, 0.717) is 5.02 Å². The van der Waals surface area contributed by atoms with Gasteiger partial charge >= 0.3 is 0 Å². The molecule has 0 saturated carbocycles. The smallest absolute Gasteiger partial charge is 0.153 e. The second kappa shape index (κ2) is 3.65. The lowest BCUT2D eigenvalue weighted by Crippen LogP contribution is -2.11. The highest BCUT2D eigenvalue weighted by Gasteiger charge is 2.17. The van der Waals surface area contributed by atoms with Crippen LogP contribution in [0.4, 0.5) is 0 Å². The van der Waals surface area contributed by atoms with Crippen LogP contribution in [-0.2, 0) is 0 Å². The number of nitrogens with two attached hydrogens (primary N) is 1. The highest BCUT2D eigenvalue weighted by molar-refractivity contribution is 6.34. The van der Waals surface area contributed by atoms with Crippen molar-refractivity contribution in [2.45, 2.75) is 18.9 Å². The molecule has 3 rings (SSSR count). The number of halogens is 1. The van der Waals surface area contributed by atoms with Gasteiger partial charge in [-0.1, -0.05) is 29.8 Å². The SMILES string of the molecule is NC1C=C(c2cc3cccc(Cl)c3o2)CC1. The van der Waals surface area contributed by atoms with Crippen LogP contribution in [0.2, 0.25) is 5.02 Å². The molecular weight excluding hydrogens is 222 g/mol. The van der Waals surface area contributed by atoms with Crippen LogP contribution in [-0.4, -0.2) is 6.04 Å². The van der Waals surface area contributed by atoms with Gasteiger partial charge in [0, 0.05) is 11.4 Å². The molecule has 0 radical (unpaired) electrons. The molecule has 0 aliphatic heterocycles. The number of rotatable bonds is 1. The first kappa shape index (κ1) is 9.94. The van der Waals surface area contributed by atoms with Crippen LogP contribution in [0, 0.1) is 0 Å². The molecule has 0 saturated heterocycles. The first-order chi connectivity index (χ1) is 7.74. The van der Waals surface area contributed by atoms with Crippen LogP contribution in [0.5, 0.6) is 0 Å². The van der Waals surface area contributed by atoms with E-state index in [4.69, 9.17) is 21.8 Å². The third kappa shape index (κ3) is 1.55. The maximum absolute atomic E-state index is 6.07. The van der Waals surface area contributed by atoms with Crippen LogP contribution >= 0.6 is 11.6 Å². The molecule has 82 valence electrons. The predicted molar refractivity (Wildman–Crippen MR) is 66.4 cm³/mol. The fourth-order valence-electron chi connectivity index (χ4n) is 2.14. The summed E-state index contributed by atoms with van der Waals surface area (Å²) in [4.78, 5) is 0. The number of para-hydroxylation sites is 1. The summed E-state index contributed by atoms with van der Waals surface area (Å²) in [5.74, 6) is 0.899. The van der Waals surface area contributed by atoms with Gasteiger partial charge in [-0.2, -0.15) is 0 Å². The van der Waals surface area contributed by atoms with Crippen molar-refractivity contribution in [2.75, 3.05) is 0 Å². The first-order valence-electron chi connectivity index (χ1n) is 5.39. The minimum Gasteiger partial charge on any atom is -0.455 e. The Labute approximate surface area is 98.7 Å². The van der Waals surface area contributed by atoms with Gasteiger partial charge in [0.25, 0.3) is 0 Å². The Hall–Kier alpha value is -1.25. The zero-order valence-corrected chi connectivity index (χ0v) is 9.50. The maximum atomic E-state index is 6.07. The van der Waals surface area contributed by atoms with E-state index in [9.17, 15) is 0 Å². The summed E-state index contributed by atoms with van der Waals surface area (Å²) in [5, 5.41) is 1.70. The van der Waals surface area contributed by atoms with Crippen LogP contribution in [0.3, 0.4) is 0 Å². The molecule has 0 spiro atoms. The summed E-state index contributed by atoms with van der Waals surface area (Å²) < 4.78 is 5.78. The summed E-state index contributed by atoms with van der Waals surface area (Å²) in [6.45, 7) is 0. The lowest BCUT2D eigenvalue weighted by molar-refractivity contribution is 0.597. The molecule has 16 heavy (non-hydrogen) atoms. The fourth-order valence-corrected chi connectivity index (χ4v) is 2.36. The Morgan fingerprint density at radius 2 is 2.25 bits per heavy atom. The van der Waals surface area contributed by atoms with Crippen molar-refractivity contribution in [1.29, 1.82) is 0 Å². The molecule has 0 bridgehead atoms. The molecule has 1 unspecified atom stereocenters. The molecule has 3 heteroatoms. The number of hydrogen-bond acceptors (Lipinski definition) is 2. The molecule has 0 amide bonds. The van der Waals surface area contributed by atoms with Gasteiger partial charge in [-0.15, -0.1) is 0 Å². The highest BCUT2D eigenvalue weighted by Crippen LogP contribution is 2.33. The van der Waals surface area contributed by atoms with E-state index in [-0.39, 0.29) is 6.04 Å². The summed E-state index contributed by atoms with van der Waals surface area (Å²) in [5.41, 5.74) is 7.80. The quantitative estimate of drug-likeness (QED) is 0.818. The van der Waals surface area contributed by atoms with Crippen molar-refractivity contribution in [3.63, 3.8) is 0 Å². The van der Waals surface area contributed by atoms with Crippen molar-refractivity contribution < 1.29 is 4.42 Å². The van der Waals surface area contributed by atoms with E-state index in [1.54, 1.807) is 0 Å². The standard InChI is InChI=1S/C13H12ClNO/c14-11-3-1-2-9-7-12(16-13(9)11)8-4-5-10(15)6-8/h1-3,6-7,10H,4-5,15H2. The molecule has 1 heterocycles. The Morgan fingerprint density at radius 1 is 1.38 bits per heavy atom. The van der Waals surface area contributed by atoms with E-state index in [0.717, 1.165) is 29.6 Å². The Kier molecular flexibility index (Phi) is 2.27. The number of benzene rings is 1. The summed E-state index contributed by atoms with van der Waals surface area (Å²) >= 11 is 6.07. The average Bonchev–Trinajstić information content (AvgIpc) is 2.84. The topological polar surface area (TPSA) is 39.2 Å². The van der Waals surface area contributed by atoms with Gasteiger partial charge in [0.1, 0.15) is 5.76 Å². The average molecular weight is 234 g/mol. The van der Waals surface area contributed by atoms with Crippen molar-refractivity contribution in [2.24, 2.45) is 5.73 Å². The van der Waals surface area contributed by atoms with Crippen molar-refractivity contribution in [1.82, 2.24) is 0 Å². The van der Waals surface area contributed by atoms with Gasteiger partial charge in [-0.25, -0.2) is 0 Å². The van der Waals surface area contributed by atoms with Crippen LogP contribution in [0.25, 0.3) is 16.5 Å². The van der Waals surface area contributed by atoms with E-state index < -0.39 is 0 Å². The lowest BCUT2D eigenvalue weighted by Gasteiger charge is -1.94. The van der Waals surface area contributed by atoms with Gasteiger partial charge in [0.2, 0.25) is 0 Å². The molecule has 1 aromatic heterocycles. The number of allylic oxidation sites excluding steroid dienone is 1. The third-order valence-corrected chi connectivity index (χ3v) is 3.27. The number of furan rings is 1. The Balaban J connectivity index is 2.12. The van der Waals surface area contributed by atoms with Crippen molar-refractivity contribution >= 4 is 28.1 Å². The molecule has 2 nitrogen and oxygen atoms in total. The van der Waals surface area contributed by atoms with E-state index in [1.807, 2.05) is 24.3 Å². The molecule has 1 aliphatic rings. The number of fused-ring (bicyclic) bond motifs is 1. The van der Waals surface area contributed by atoms with Gasteiger partial charge in [0.15, 0.2) is 5.58 Å². The summed E-state index contributed by atoms with van der Waals surface area (Å²) in [6, 6.07) is 7.97. The molecule has 1 atom stereocenters. The molecule has 0 fully saturated rings. The molecule has 2 N–H and O–H groups in total. The second-order valence-electron chi connectivity index (χ2n) is 4.16. The predicted octanol–water partition coefficient (Wildman–Crippen LogP) is 3.59. The monoisotopic (exact) mass is 233 g/mol. The van der Waals surface area contributed by atoms with E-state index in [2.05, 4.69) is 6.08 Å². The summed E-state index contributed by atoms with van der Waals surface area (Å²) in [6.07, 6.45) is 4.06. The highest BCUT2D eigenvalue weighted by atomic mass is 35.5. The summed E-state index contributed by atoms with van der Waals surface area (Å²) in [7, 11) is 0. The normalized spacial score (nSPS) is 20.4. The van der Waals surface area contributed by atoms with Crippen LogP contribution in [0.1, 0.15) is 18.6 Å². The Bertz CT molecular complexity index is 570.